The molecule has 4 rings (SSSR count). The van der Waals surface area contributed by atoms with Crippen molar-refractivity contribution in [1.29, 1.82) is 0 Å². The zero-order chi connectivity index (χ0) is 13.4. The van der Waals surface area contributed by atoms with Gasteiger partial charge in [-0.3, -0.25) is 4.99 Å². The van der Waals surface area contributed by atoms with Gasteiger partial charge >= 0.3 is 0 Å². The first-order valence-corrected chi connectivity index (χ1v) is 8.60. The Morgan fingerprint density at radius 1 is 1.25 bits per heavy atom. The number of anilines is 1. The van der Waals surface area contributed by atoms with E-state index in [2.05, 4.69) is 28.5 Å². The molecule has 0 bridgehead atoms. The fourth-order valence-corrected chi connectivity index (χ4v) is 4.53. The third kappa shape index (κ3) is 2.32. The fourth-order valence-electron chi connectivity index (χ4n) is 2.61. The second kappa shape index (κ2) is 5.02. The number of aromatic nitrogens is 1. The largest absolute Gasteiger partial charge is 0.381 e. The van der Waals surface area contributed by atoms with Gasteiger partial charge in [-0.15, -0.1) is 11.3 Å². The van der Waals surface area contributed by atoms with Crippen molar-refractivity contribution < 1.29 is 4.74 Å². The highest BCUT2D eigenvalue weighted by Crippen LogP contribution is 2.36. The average Bonchev–Trinajstić information content (AvgIpc) is 3.07. The minimum atomic E-state index is 0.111. The molecule has 0 radical (unpaired) electrons. The standard InChI is InChI=1S/C14H15N3OS2/c1-2-11-12(20-9-15-11)7-10(1)16-13-17-14(8-19-13)3-5-18-6-4-14/h1-2,7,9H,3-6,8H2,(H,16,17). The van der Waals surface area contributed by atoms with Crippen LogP contribution in [0.1, 0.15) is 12.8 Å². The van der Waals surface area contributed by atoms with E-state index in [4.69, 9.17) is 9.73 Å². The normalized spacial score (nSPS) is 21.3. The van der Waals surface area contributed by atoms with E-state index in [1.54, 1.807) is 11.3 Å². The number of fused-ring (bicyclic) bond motifs is 1. The summed E-state index contributed by atoms with van der Waals surface area (Å²) in [4.78, 5) is 9.22. The number of nitrogens with zero attached hydrogens (tertiary/aromatic N) is 2. The molecule has 2 aliphatic heterocycles. The summed E-state index contributed by atoms with van der Waals surface area (Å²) in [5, 5.41) is 4.48. The van der Waals surface area contributed by atoms with Crippen LogP contribution in [0.25, 0.3) is 10.2 Å². The maximum atomic E-state index is 5.44. The number of rotatable bonds is 1. The Hall–Kier alpha value is -1.11. The Morgan fingerprint density at radius 3 is 3.05 bits per heavy atom. The van der Waals surface area contributed by atoms with Crippen molar-refractivity contribution in [3.05, 3.63) is 23.7 Å². The predicted octanol–water partition coefficient (Wildman–Crippen LogP) is 3.36. The molecule has 1 fully saturated rings. The van der Waals surface area contributed by atoms with Crippen LogP contribution in [-0.4, -0.2) is 34.7 Å². The van der Waals surface area contributed by atoms with Crippen LogP contribution in [0, 0.1) is 0 Å². The number of ether oxygens (including phenoxy) is 1. The van der Waals surface area contributed by atoms with Crippen LogP contribution < -0.4 is 5.32 Å². The number of benzene rings is 1. The highest BCUT2D eigenvalue weighted by Gasteiger charge is 2.37. The van der Waals surface area contributed by atoms with Crippen molar-refractivity contribution in [2.75, 3.05) is 24.3 Å². The van der Waals surface area contributed by atoms with Gasteiger partial charge in [0.2, 0.25) is 0 Å². The van der Waals surface area contributed by atoms with Crippen LogP contribution in [0.2, 0.25) is 0 Å². The molecule has 0 atom stereocenters. The van der Waals surface area contributed by atoms with E-state index in [1.165, 1.54) is 4.70 Å². The second-order valence-electron chi connectivity index (χ2n) is 5.20. The topological polar surface area (TPSA) is 46.5 Å². The van der Waals surface area contributed by atoms with Crippen LogP contribution in [0.5, 0.6) is 0 Å². The summed E-state index contributed by atoms with van der Waals surface area (Å²) in [6, 6.07) is 6.27. The Balaban J connectivity index is 1.55. The van der Waals surface area contributed by atoms with Crippen molar-refractivity contribution in [2.24, 2.45) is 4.99 Å². The molecule has 2 aliphatic rings. The number of amidine groups is 1. The molecule has 6 heteroatoms. The van der Waals surface area contributed by atoms with Gasteiger partial charge < -0.3 is 10.1 Å². The van der Waals surface area contributed by atoms with E-state index in [0.717, 1.165) is 48.2 Å². The number of hydrogen-bond donors (Lipinski definition) is 1. The molecular weight excluding hydrogens is 290 g/mol. The number of thiazole rings is 1. The SMILES string of the molecule is c1nc2ccc(NC3=NC4(CCOCC4)CS3)cc2s1. The number of nitrogens with one attached hydrogen (secondary N) is 1. The van der Waals surface area contributed by atoms with Crippen molar-refractivity contribution in [2.45, 2.75) is 18.4 Å². The Labute approximate surface area is 125 Å². The first kappa shape index (κ1) is 12.6. The summed E-state index contributed by atoms with van der Waals surface area (Å²) in [6.45, 7) is 1.67. The Bertz CT molecular complexity index is 661. The van der Waals surface area contributed by atoms with E-state index in [1.807, 2.05) is 17.3 Å². The molecule has 0 saturated carbocycles. The van der Waals surface area contributed by atoms with Gasteiger partial charge in [-0.1, -0.05) is 11.8 Å². The average molecular weight is 305 g/mol. The van der Waals surface area contributed by atoms with Crippen LogP contribution in [0.4, 0.5) is 5.69 Å². The molecule has 0 unspecified atom stereocenters. The lowest BCUT2D eigenvalue weighted by Gasteiger charge is -2.29. The van der Waals surface area contributed by atoms with Gasteiger partial charge in [0.25, 0.3) is 0 Å². The molecule has 4 nitrogen and oxygen atoms in total. The van der Waals surface area contributed by atoms with Crippen molar-refractivity contribution in [3.8, 4) is 0 Å². The van der Waals surface area contributed by atoms with E-state index in [0.29, 0.717) is 0 Å². The summed E-state index contributed by atoms with van der Waals surface area (Å²) >= 11 is 3.49. The fraction of sp³-hybridized carbons (Fsp3) is 0.429. The molecule has 1 saturated heterocycles. The van der Waals surface area contributed by atoms with Gasteiger partial charge in [0, 0.05) is 24.7 Å². The third-order valence-electron chi connectivity index (χ3n) is 3.82. The second-order valence-corrected chi connectivity index (χ2v) is 7.05. The third-order valence-corrected chi connectivity index (χ3v) is 5.76. The molecule has 20 heavy (non-hydrogen) atoms. The van der Waals surface area contributed by atoms with E-state index in [9.17, 15) is 0 Å². The van der Waals surface area contributed by atoms with E-state index >= 15 is 0 Å². The Kier molecular flexibility index (Phi) is 3.17. The van der Waals surface area contributed by atoms with Crippen molar-refractivity contribution in [3.63, 3.8) is 0 Å². The zero-order valence-corrected chi connectivity index (χ0v) is 12.6. The first-order chi connectivity index (χ1) is 9.83. The van der Waals surface area contributed by atoms with Crippen LogP contribution in [-0.2, 0) is 4.74 Å². The van der Waals surface area contributed by atoms with Gasteiger partial charge in [0.15, 0.2) is 5.17 Å². The zero-order valence-electron chi connectivity index (χ0n) is 11.0. The molecule has 1 spiro atoms. The quantitative estimate of drug-likeness (QED) is 0.877. The highest BCUT2D eigenvalue weighted by atomic mass is 32.2. The molecule has 104 valence electrons. The van der Waals surface area contributed by atoms with Crippen molar-refractivity contribution >= 4 is 44.2 Å². The minimum absolute atomic E-state index is 0.111. The van der Waals surface area contributed by atoms with Gasteiger partial charge in [0.05, 0.1) is 21.3 Å². The molecule has 2 aromatic rings. The maximum absolute atomic E-state index is 5.44. The summed E-state index contributed by atoms with van der Waals surface area (Å²) in [7, 11) is 0. The first-order valence-electron chi connectivity index (χ1n) is 6.74. The van der Waals surface area contributed by atoms with E-state index < -0.39 is 0 Å². The van der Waals surface area contributed by atoms with Gasteiger partial charge in [-0.05, 0) is 31.0 Å². The molecular formula is C14H15N3OS2. The maximum Gasteiger partial charge on any atom is 0.161 e. The lowest BCUT2D eigenvalue weighted by Crippen LogP contribution is -2.34. The van der Waals surface area contributed by atoms with Gasteiger partial charge in [-0.25, -0.2) is 4.98 Å². The molecule has 0 aliphatic carbocycles. The predicted molar refractivity (Wildman–Crippen MR) is 85.9 cm³/mol. The van der Waals surface area contributed by atoms with Crippen LogP contribution in [0.15, 0.2) is 28.7 Å². The summed E-state index contributed by atoms with van der Waals surface area (Å²) < 4.78 is 6.65. The lowest BCUT2D eigenvalue weighted by atomic mass is 9.93. The molecule has 0 amide bonds. The van der Waals surface area contributed by atoms with Gasteiger partial charge in [-0.2, -0.15) is 0 Å². The van der Waals surface area contributed by atoms with Crippen LogP contribution >= 0.6 is 23.1 Å². The smallest absolute Gasteiger partial charge is 0.161 e. The number of hydrogen-bond acceptors (Lipinski definition) is 6. The van der Waals surface area contributed by atoms with Crippen LogP contribution in [0.3, 0.4) is 0 Å². The summed E-state index contributed by atoms with van der Waals surface area (Å²) in [6.07, 6.45) is 2.08. The minimum Gasteiger partial charge on any atom is -0.381 e. The molecule has 1 aromatic carbocycles. The van der Waals surface area contributed by atoms with E-state index in [-0.39, 0.29) is 5.54 Å². The summed E-state index contributed by atoms with van der Waals surface area (Å²) in [5.74, 6) is 1.07. The molecule has 1 aromatic heterocycles. The summed E-state index contributed by atoms with van der Waals surface area (Å²) in [5.41, 5.74) is 4.15. The molecule has 3 heterocycles. The van der Waals surface area contributed by atoms with Gasteiger partial charge in [0.1, 0.15) is 0 Å². The Morgan fingerprint density at radius 2 is 2.15 bits per heavy atom. The highest BCUT2D eigenvalue weighted by molar-refractivity contribution is 8.14. The number of aliphatic imine (C=N–C) groups is 1. The molecule has 1 N–H and O–H groups in total. The van der Waals surface area contributed by atoms with Crippen molar-refractivity contribution in [1.82, 2.24) is 4.98 Å². The number of thioether (sulfide) groups is 1. The monoisotopic (exact) mass is 305 g/mol. The lowest BCUT2D eigenvalue weighted by molar-refractivity contribution is 0.0624.